The Bertz CT molecular complexity index is 619. The molecule has 3 nitrogen and oxygen atoms in total. The Kier molecular flexibility index (Phi) is 7.31. The highest BCUT2D eigenvalue weighted by atomic mass is 32.2. The van der Waals surface area contributed by atoms with Gasteiger partial charge in [-0.05, 0) is 36.3 Å². The van der Waals surface area contributed by atoms with Gasteiger partial charge in [-0.25, -0.2) is 4.98 Å². The van der Waals surface area contributed by atoms with Crippen LogP contribution < -0.4 is 5.32 Å². The highest BCUT2D eigenvalue weighted by Crippen LogP contribution is 2.35. The number of carbonyl (C=O) groups is 1. The van der Waals surface area contributed by atoms with Crippen LogP contribution in [0.3, 0.4) is 0 Å². The van der Waals surface area contributed by atoms with Crippen LogP contribution in [0.5, 0.6) is 0 Å². The average Bonchev–Trinajstić information content (AvgIpc) is 3.26. The number of rotatable bonds is 6. The molecule has 1 aliphatic carbocycles. The molecule has 1 unspecified atom stereocenters. The molecule has 0 bridgehead atoms. The van der Waals surface area contributed by atoms with Gasteiger partial charge >= 0.3 is 0 Å². The average molecular weight is 363 g/mol. The van der Waals surface area contributed by atoms with E-state index in [0.29, 0.717) is 11.0 Å². The Morgan fingerprint density at radius 1 is 1.33 bits per heavy atom. The van der Waals surface area contributed by atoms with E-state index >= 15 is 0 Å². The van der Waals surface area contributed by atoms with E-state index in [1.807, 2.05) is 5.38 Å². The number of nitrogens with one attached hydrogen (secondary N) is 1. The highest BCUT2D eigenvalue weighted by Gasteiger charge is 2.27. The van der Waals surface area contributed by atoms with E-state index in [2.05, 4.69) is 40.8 Å². The van der Waals surface area contributed by atoms with Crippen molar-refractivity contribution in [3.8, 4) is 0 Å². The fourth-order valence-electron chi connectivity index (χ4n) is 3.29. The fourth-order valence-corrected chi connectivity index (χ4v) is 4.23. The zero-order chi connectivity index (χ0) is 16.1. The van der Waals surface area contributed by atoms with Crippen LogP contribution in [-0.4, -0.2) is 17.1 Å². The molecule has 1 saturated carbocycles. The number of thioether (sulfide) groups is 1. The van der Waals surface area contributed by atoms with Crippen molar-refractivity contribution < 1.29 is 4.79 Å². The number of benzene rings is 1. The van der Waals surface area contributed by atoms with E-state index < -0.39 is 0 Å². The molecular formula is C19H26N2OS2. The maximum atomic E-state index is 12.8. The first-order valence-corrected chi connectivity index (χ1v) is 10.2. The lowest BCUT2D eigenvalue weighted by Crippen LogP contribution is -2.23. The van der Waals surface area contributed by atoms with Gasteiger partial charge in [0.25, 0.3) is 0 Å². The SMILES string of the molecule is C.CSc1ccc(C(CC2CCCC2)C(=O)Nc2nccs2)cc1. The Balaban J connectivity index is 0.00000208. The first kappa shape index (κ1) is 19.0. The lowest BCUT2D eigenvalue weighted by Gasteiger charge is -2.20. The molecule has 1 aromatic heterocycles. The van der Waals surface area contributed by atoms with E-state index in [9.17, 15) is 4.79 Å². The highest BCUT2D eigenvalue weighted by molar-refractivity contribution is 7.98. The molecule has 1 fully saturated rings. The van der Waals surface area contributed by atoms with Crippen molar-refractivity contribution in [2.24, 2.45) is 5.92 Å². The van der Waals surface area contributed by atoms with Crippen LogP contribution in [0.15, 0.2) is 40.7 Å². The number of aromatic nitrogens is 1. The summed E-state index contributed by atoms with van der Waals surface area (Å²) in [5.41, 5.74) is 1.11. The molecule has 130 valence electrons. The Morgan fingerprint density at radius 3 is 2.62 bits per heavy atom. The number of anilines is 1. The maximum absolute atomic E-state index is 12.8. The van der Waals surface area contributed by atoms with Crippen LogP contribution in [0.1, 0.15) is 51.0 Å². The summed E-state index contributed by atoms with van der Waals surface area (Å²) in [6.45, 7) is 0. The quantitative estimate of drug-likeness (QED) is 0.660. The second-order valence-electron chi connectivity index (χ2n) is 6.04. The molecule has 1 N–H and O–H groups in total. The number of hydrogen-bond acceptors (Lipinski definition) is 4. The molecule has 24 heavy (non-hydrogen) atoms. The normalized spacial score (nSPS) is 15.7. The summed E-state index contributed by atoms with van der Waals surface area (Å²) in [4.78, 5) is 18.2. The monoisotopic (exact) mass is 362 g/mol. The van der Waals surface area contributed by atoms with Gasteiger partial charge in [-0.3, -0.25) is 4.79 Å². The van der Waals surface area contributed by atoms with Crippen molar-refractivity contribution in [1.82, 2.24) is 4.98 Å². The minimum atomic E-state index is -0.0853. The minimum Gasteiger partial charge on any atom is -0.301 e. The molecule has 1 heterocycles. The lowest BCUT2D eigenvalue weighted by molar-refractivity contribution is -0.118. The van der Waals surface area contributed by atoms with Crippen LogP contribution in [-0.2, 0) is 4.79 Å². The summed E-state index contributed by atoms with van der Waals surface area (Å²) < 4.78 is 0. The molecule has 0 radical (unpaired) electrons. The van der Waals surface area contributed by atoms with Crippen LogP contribution in [0.2, 0.25) is 0 Å². The number of thiazole rings is 1. The van der Waals surface area contributed by atoms with E-state index in [1.165, 1.54) is 41.9 Å². The largest absolute Gasteiger partial charge is 0.301 e. The maximum Gasteiger partial charge on any atom is 0.233 e. The standard InChI is InChI=1S/C18H22N2OS2.CH4/c1-22-15-8-6-14(7-9-15)16(12-13-4-2-3-5-13)17(21)20-18-19-10-11-23-18;/h6-11,13,16H,2-5,12H2,1H3,(H,19,20,21);1H4. The van der Waals surface area contributed by atoms with Crippen molar-refractivity contribution in [3.63, 3.8) is 0 Å². The van der Waals surface area contributed by atoms with Crippen LogP contribution >= 0.6 is 23.1 Å². The van der Waals surface area contributed by atoms with Crippen LogP contribution in [0.25, 0.3) is 0 Å². The van der Waals surface area contributed by atoms with Gasteiger partial charge in [-0.15, -0.1) is 23.1 Å². The molecule has 0 aliphatic heterocycles. The van der Waals surface area contributed by atoms with Crippen molar-refractivity contribution in [1.29, 1.82) is 0 Å². The van der Waals surface area contributed by atoms with Gasteiger partial charge in [0, 0.05) is 16.5 Å². The van der Waals surface area contributed by atoms with E-state index in [0.717, 1.165) is 12.0 Å². The molecule has 0 spiro atoms. The van der Waals surface area contributed by atoms with Crippen molar-refractivity contribution in [2.75, 3.05) is 11.6 Å². The van der Waals surface area contributed by atoms with Gasteiger partial charge in [-0.1, -0.05) is 45.2 Å². The molecule has 1 aromatic carbocycles. The number of carbonyl (C=O) groups excluding carboxylic acids is 1. The Morgan fingerprint density at radius 2 is 2.04 bits per heavy atom. The number of hydrogen-bond donors (Lipinski definition) is 1. The van der Waals surface area contributed by atoms with Crippen molar-refractivity contribution in [2.45, 2.75) is 50.3 Å². The predicted octanol–water partition coefficient (Wildman–Crippen LogP) is 5.80. The Labute approximate surface area is 153 Å². The summed E-state index contributed by atoms with van der Waals surface area (Å²) in [5.74, 6) is 0.656. The third kappa shape index (κ3) is 4.84. The molecular weight excluding hydrogens is 336 g/mol. The zero-order valence-corrected chi connectivity index (χ0v) is 15.0. The zero-order valence-electron chi connectivity index (χ0n) is 13.3. The summed E-state index contributed by atoms with van der Waals surface area (Å²) in [6.07, 6.45) is 9.84. The molecule has 3 rings (SSSR count). The molecule has 0 saturated heterocycles. The lowest BCUT2D eigenvalue weighted by atomic mass is 9.87. The third-order valence-corrected chi connectivity index (χ3v) is 5.97. The van der Waals surface area contributed by atoms with E-state index in [4.69, 9.17) is 0 Å². The first-order chi connectivity index (χ1) is 11.3. The van der Waals surface area contributed by atoms with Gasteiger partial charge in [0.15, 0.2) is 5.13 Å². The number of amides is 1. The molecule has 1 amide bonds. The van der Waals surface area contributed by atoms with Crippen molar-refractivity contribution in [3.05, 3.63) is 41.4 Å². The van der Waals surface area contributed by atoms with E-state index in [1.54, 1.807) is 18.0 Å². The summed E-state index contributed by atoms with van der Waals surface area (Å²) in [7, 11) is 0. The molecule has 2 aromatic rings. The van der Waals surface area contributed by atoms with Gasteiger partial charge in [0.05, 0.1) is 5.92 Å². The topological polar surface area (TPSA) is 42.0 Å². The predicted molar refractivity (Wildman–Crippen MR) is 105 cm³/mol. The van der Waals surface area contributed by atoms with Crippen LogP contribution in [0, 0.1) is 5.92 Å². The second-order valence-corrected chi connectivity index (χ2v) is 7.81. The first-order valence-electron chi connectivity index (χ1n) is 8.10. The molecule has 1 atom stereocenters. The molecule has 5 heteroatoms. The Hall–Kier alpha value is -1.33. The summed E-state index contributed by atoms with van der Waals surface area (Å²) in [6, 6.07) is 8.43. The van der Waals surface area contributed by atoms with Gasteiger partial charge < -0.3 is 5.32 Å². The summed E-state index contributed by atoms with van der Waals surface area (Å²) >= 11 is 3.19. The molecule has 1 aliphatic rings. The smallest absolute Gasteiger partial charge is 0.233 e. The fraction of sp³-hybridized carbons (Fsp3) is 0.474. The second kappa shape index (κ2) is 9.23. The van der Waals surface area contributed by atoms with Gasteiger partial charge in [-0.2, -0.15) is 0 Å². The summed E-state index contributed by atoms with van der Waals surface area (Å²) in [5, 5.41) is 5.56. The van der Waals surface area contributed by atoms with Crippen LogP contribution in [0.4, 0.5) is 5.13 Å². The van der Waals surface area contributed by atoms with Crippen molar-refractivity contribution >= 4 is 34.1 Å². The van der Waals surface area contributed by atoms with E-state index in [-0.39, 0.29) is 19.3 Å². The minimum absolute atomic E-state index is 0. The number of nitrogens with zero attached hydrogens (tertiary/aromatic N) is 1. The van der Waals surface area contributed by atoms with Gasteiger partial charge in [0.1, 0.15) is 0 Å². The third-order valence-electron chi connectivity index (χ3n) is 4.54. The van der Waals surface area contributed by atoms with Gasteiger partial charge in [0.2, 0.25) is 5.91 Å².